The number of benzene rings is 1. The highest BCUT2D eigenvalue weighted by molar-refractivity contribution is 8.00. The second-order valence-electron chi connectivity index (χ2n) is 4.55. The van der Waals surface area contributed by atoms with Crippen LogP contribution in [0.1, 0.15) is 19.3 Å². The first-order valence-corrected chi connectivity index (χ1v) is 7.19. The quantitative estimate of drug-likeness (QED) is 0.681. The summed E-state index contributed by atoms with van der Waals surface area (Å²) in [5.74, 6) is -0.0562. The van der Waals surface area contributed by atoms with E-state index in [1.54, 1.807) is 18.0 Å². The number of hydrogen-bond acceptors (Lipinski definition) is 3. The third kappa shape index (κ3) is 3.73. The molecule has 0 radical (unpaired) electrons. The second kappa shape index (κ2) is 6.10. The van der Waals surface area contributed by atoms with Crippen molar-refractivity contribution in [1.29, 1.82) is 0 Å². The van der Waals surface area contributed by atoms with E-state index in [1.165, 1.54) is 23.9 Å². The van der Waals surface area contributed by atoms with Crippen LogP contribution >= 0.6 is 11.8 Å². The van der Waals surface area contributed by atoms with E-state index in [9.17, 15) is 9.18 Å². The van der Waals surface area contributed by atoms with E-state index in [0.717, 1.165) is 25.0 Å². The lowest BCUT2D eigenvalue weighted by Crippen LogP contribution is -2.26. The summed E-state index contributed by atoms with van der Waals surface area (Å²) >= 11 is 1.31. The Balaban J connectivity index is 1.92. The molecule has 0 unspecified atom stereocenters. The number of nitrogens with two attached hydrogens (primary N) is 1. The van der Waals surface area contributed by atoms with E-state index in [-0.39, 0.29) is 17.5 Å². The Morgan fingerprint density at radius 1 is 1.47 bits per heavy atom. The van der Waals surface area contributed by atoms with Crippen molar-refractivity contribution in [3.8, 4) is 0 Å². The molecular formula is C14H17FN2OS. The Morgan fingerprint density at radius 3 is 2.89 bits per heavy atom. The van der Waals surface area contributed by atoms with Gasteiger partial charge in [-0.15, -0.1) is 11.8 Å². The van der Waals surface area contributed by atoms with Crippen molar-refractivity contribution in [3.05, 3.63) is 35.8 Å². The summed E-state index contributed by atoms with van der Waals surface area (Å²) < 4.78 is 13.2. The number of nitrogens with zero attached hydrogens (tertiary/aromatic N) is 1. The lowest BCUT2D eigenvalue weighted by molar-refractivity contribution is -0.125. The minimum Gasteiger partial charge on any atom is -0.399 e. The van der Waals surface area contributed by atoms with Crippen LogP contribution < -0.4 is 5.73 Å². The summed E-state index contributed by atoms with van der Waals surface area (Å²) in [7, 11) is 1.79. The van der Waals surface area contributed by atoms with Crippen LogP contribution in [0.4, 0.5) is 10.1 Å². The van der Waals surface area contributed by atoms with E-state index < -0.39 is 0 Å². The lowest BCUT2D eigenvalue weighted by atomic mass is 10.3. The van der Waals surface area contributed by atoms with Gasteiger partial charge in [-0.2, -0.15) is 0 Å². The molecule has 0 atom stereocenters. The fourth-order valence-electron chi connectivity index (χ4n) is 2.03. The molecule has 102 valence electrons. The number of carbonyl (C=O) groups is 1. The van der Waals surface area contributed by atoms with Gasteiger partial charge in [0.05, 0.1) is 5.75 Å². The number of amides is 1. The average molecular weight is 280 g/mol. The predicted octanol–water partition coefficient (Wildman–Crippen LogP) is 3.03. The third-order valence-electron chi connectivity index (χ3n) is 3.08. The molecule has 0 bridgehead atoms. The monoisotopic (exact) mass is 280 g/mol. The highest BCUT2D eigenvalue weighted by Gasteiger charge is 2.16. The van der Waals surface area contributed by atoms with Crippen LogP contribution in [0, 0.1) is 5.82 Å². The minimum absolute atomic E-state index is 0.0287. The molecule has 0 fully saturated rings. The largest absolute Gasteiger partial charge is 0.399 e. The SMILES string of the molecule is CN(C(=O)CSc1cc(N)cc(F)c1)C1=CCCC1. The van der Waals surface area contributed by atoms with Gasteiger partial charge in [0.1, 0.15) is 5.82 Å². The fraction of sp³-hybridized carbons (Fsp3) is 0.357. The van der Waals surface area contributed by atoms with Crippen molar-refractivity contribution in [3.63, 3.8) is 0 Å². The van der Waals surface area contributed by atoms with Crippen LogP contribution in [0.15, 0.2) is 34.9 Å². The number of hydrogen-bond donors (Lipinski definition) is 1. The van der Waals surface area contributed by atoms with Crippen molar-refractivity contribution in [1.82, 2.24) is 4.90 Å². The van der Waals surface area contributed by atoms with Gasteiger partial charge in [0, 0.05) is 23.3 Å². The molecule has 0 spiro atoms. The topological polar surface area (TPSA) is 46.3 Å². The first-order chi connectivity index (χ1) is 9.06. The summed E-state index contributed by atoms with van der Waals surface area (Å²) in [5, 5.41) is 0. The van der Waals surface area contributed by atoms with Crippen LogP contribution in [0.2, 0.25) is 0 Å². The molecule has 0 heterocycles. The number of halogens is 1. The molecule has 0 saturated carbocycles. The van der Waals surface area contributed by atoms with Gasteiger partial charge in [-0.3, -0.25) is 4.79 Å². The third-order valence-corrected chi connectivity index (χ3v) is 4.04. The molecule has 1 aliphatic carbocycles. The molecular weight excluding hydrogens is 263 g/mol. The van der Waals surface area contributed by atoms with Crippen molar-refractivity contribution in [2.75, 3.05) is 18.5 Å². The zero-order valence-electron chi connectivity index (χ0n) is 10.9. The summed E-state index contributed by atoms with van der Waals surface area (Å²) in [6, 6.07) is 4.33. The Bertz CT molecular complexity index is 496. The van der Waals surface area contributed by atoms with Crippen LogP contribution in [-0.2, 0) is 4.79 Å². The van der Waals surface area contributed by atoms with Crippen LogP contribution in [-0.4, -0.2) is 23.6 Å². The normalized spacial score (nSPS) is 14.3. The van der Waals surface area contributed by atoms with Gasteiger partial charge >= 0.3 is 0 Å². The molecule has 0 aromatic heterocycles. The van der Waals surface area contributed by atoms with Crippen molar-refractivity contribution >= 4 is 23.4 Å². The number of thioether (sulfide) groups is 1. The highest BCUT2D eigenvalue weighted by Crippen LogP contribution is 2.24. The number of carbonyl (C=O) groups excluding carboxylic acids is 1. The Morgan fingerprint density at radius 2 is 2.26 bits per heavy atom. The van der Waals surface area contributed by atoms with Crippen molar-refractivity contribution in [2.45, 2.75) is 24.2 Å². The summed E-state index contributed by atoms with van der Waals surface area (Å²) in [6.07, 6.45) is 5.21. The number of rotatable bonds is 4. The van der Waals surface area contributed by atoms with Crippen molar-refractivity contribution in [2.24, 2.45) is 0 Å². The maximum absolute atomic E-state index is 13.2. The maximum Gasteiger partial charge on any atom is 0.236 e. The second-order valence-corrected chi connectivity index (χ2v) is 5.60. The summed E-state index contributed by atoms with van der Waals surface area (Å²) in [6.45, 7) is 0. The molecule has 2 rings (SSSR count). The molecule has 1 aromatic rings. The zero-order chi connectivity index (χ0) is 13.8. The number of allylic oxidation sites excluding steroid dienone is 2. The Kier molecular flexibility index (Phi) is 4.47. The van der Waals surface area contributed by atoms with Gasteiger partial charge in [0.25, 0.3) is 0 Å². The standard InChI is InChI=1S/C14H17FN2OS/c1-17(12-4-2-3-5-12)14(18)9-19-13-7-10(15)6-11(16)8-13/h4,6-8H,2-3,5,9,16H2,1H3. The molecule has 1 aliphatic rings. The summed E-state index contributed by atoms with van der Waals surface area (Å²) in [4.78, 5) is 14.4. The average Bonchev–Trinajstić information content (AvgIpc) is 2.87. The van der Waals surface area contributed by atoms with Gasteiger partial charge in [0.2, 0.25) is 5.91 Å². The minimum atomic E-state index is -0.373. The Labute approximate surface area is 116 Å². The molecule has 1 aromatic carbocycles. The molecule has 1 amide bonds. The first-order valence-electron chi connectivity index (χ1n) is 6.21. The van der Waals surface area contributed by atoms with Gasteiger partial charge in [0.15, 0.2) is 0 Å². The molecule has 5 heteroatoms. The van der Waals surface area contributed by atoms with E-state index in [4.69, 9.17) is 5.73 Å². The van der Waals surface area contributed by atoms with Gasteiger partial charge in [-0.25, -0.2) is 4.39 Å². The van der Waals surface area contributed by atoms with Crippen LogP contribution in [0.25, 0.3) is 0 Å². The Hall–Kier alpha value is -1.49. The van der Waals surface area contributed by atoms with Crippen molar-refractivity contribution < 1.29 is 9.18 Å². The number of anilines is 1. The van der Waals surface area contributed by atoms with E-state index in [0.29, 0.717) is 10.6 Å². The summed E-state index contributed by atoms with van der Waals surface area (Å²) in [5.41, 5.74) is 7.03. The molecule has 19 heavy (non-hydrogen) atoms. The molecule has 2 N–H and O–H groups in total. The molecule has 0 aliphatic heterocycles. The van der Waals surface area contributed by atoms with Crippen LogP contribution in [0.3, 0.4) is 0 Å². The van der Waals surface area contributed by atoms with Gasteiger partial charge < -0.3 is 10.6 Å². The van der Waals surface area contributed by atoms with E-state index >= 15 is 0 Å². The zero-order valence-corrected chi connectivity index (χ0v) is 11.7. The van der Waals surface area contributed by atoms with Gasteiger partial charge in [-0.05, 0) is 37.5 Å². The highest BCUT2D eigenvalue weighted by atomic mass is 32.2. The lowest BCUT2D eigenvalue weighted by Gasteiger charge is -2.18. The number of nitrogen functional groups attached to an aromatic ring is 1. The van der Waals surface area contributed by atoms with E-state index in [2.05, 4.69) is 6.08 Å². The first kappa shape index (κ1) is 13.9. The maximum atomic E-state index is 13.2. The fourth-order valence-corrected chi connectivity index (χ4v) is 2.93. The molecule has 3 nitrogen and oxygen atoms in total. The van der Waals surface area contributed by atoms with Crippen LogP contribution in [0.5, 0.6) is 0 Å². The molecule has 0 saturated heterocycles. The predicted molar refractivity (Wildman–Crippen MR) is 76.2 cm³/mol. The van der Waals surface area contributed by atoms with Gasteiger partial charge in [-0.1, -0.05) is 6.08 Å². The smallest absolute Gasteiger partial charge is 0.236 e. The van der Waals surface area contributed by atoms with E-state index in [1.807, 2.05) is 0 Å².